The number of aromatic nitrogens is 1. The second kappa shape index (κ2) is 7.18. The number of halogens is 6. The molecule has 0 atom stereocenters. The Bertz CT molecular complexity index is 884. The first-order chi connectivity index (χ1) is 13.1. The topological polar surface area (TPSA) is 22.1 Å². The van der Waals surface area contributed by atoms with Crippen LogP contribution in [-0.2, 0) is 12.4 Å². The minimum Gasteiger partial charge on any atom is -0.495 e. The molecule has 28 heavy (non-hydrogen) atoms. The molecule has 0 saturated carbocycles. The quantitative estimate of drug-likeness (QED) is 0.473. The zero-order chi connectivity index (χ0) is 20.5. The van der Waals surface area contributed by atoms with Gasteiger partial charge in [-0.1, -0.05) is 24.3 Å². The number of hydrogen-bond acceptors (Lipinski definition) is 2. The highest BCUT2D eigenvalue weighted by Gasteiger charge is 2.31. The molecule has 0 bridgehead atoms. The van der Waals surface area contributed by atoms with Gasteiger partial charge in [0.15, 0.2) is 0 Å². The molecule has 2 nitrogen and oxygen atoms in total. The van der Waals surface area contributed by atoms with Crippen LogP contribution in [0.15, 0.2) is 60.9 Å². The predicted octanol–water partition coefficient (Wildman–Crippen LogP) is 6.46. The lowest BCUT2D eigenvalue weighted by Gasteiger charge is -2.15. The number of hydrogen-bond donors (Lipinski definition) is 0. The van der Waals surface area contributed by atoms with E-state index in [1.165, 1.54) is 43.8 Å². The van der Waals surface area contributed by atoms with Gasteiger partial charge < -0.3 is 4.74 Å². The van der Waals surface area contributed by atoms with Gasteiger partial charge in [0, 0.05) is 23.5 Å². The van der Waals surface area contributed by atoms with Crippen LogP contribution in [0.25, 0.3) is 22.3 Å². The Morgan fingerprint density at radius 3 is 1.29 bits per heavy atom. The number of benzene rings is 2. The average molecular weight is 397 g/mol. The highest BCUT2D eigenvalue weighted by molar-refractivity contribution is 5.81. The smallest absolute Gasteiger partial charge is 0.416 e. The molecule has 2 aromatic carbocycles. The Balaban J connectivity index is 2.04. The highest BCUT2D eigenvalue weighted by Crippen LogP contribution is 2.40. The molecule has 146 valence electrons. The Kier molecular flexibility index (Phi) is 5.06. The van der Waals surface area contributed by atoms with E-state index in [4.69, 9.17) is 4.74 Å². The van der Waals surface area contributed by atoms with E-state index in [-0.39, 0.29) is 0 Å². The summed E-state index contributed by atoms with van der Waals surface area (Å²) in [7, 11) is 1.37. The Morgan fingerprint density at radius 2 is 1.00 bits per heavy atom. The van der Waals surface area contributed by atoms with Crippen molar-refractivity contribution in [2.24, 2.45) is 0 Å². The van der Waals surface area contributed by atoms with Crippen molar-refractivity contribution in [1.29, 1.82) is 0 Å². The minimum atomic E-state index is -4.46. The molecule has 0 N–H and O–H groups in total. The van der Waals surface area contributed by atoms with Gasteiger partial charge in [-0.25, -0.2) is 0 Å². The van der Waals surface area contributed by atoms with E-state index in [0.29, 0.717) is 28.0 Å². The van der Waals surface area contributed by atoms with Gasteiger partial charge in [-0.3, -0.25) is 4.98 Å². The highest BCUT2D eigenvalue weighted by atomic mass is 19.4. The van der Waals surface area contributed by atoms with E-state index >= 15 is 0 Å². The largest absolute Gasteiger partial charge is 0.495 e. The second-order valence-corrected chi connectivity index (χ2v) is 5.92. The Labute approximate surface area is 156 Å². The van der Waals surface area contributed by atoms with Crippen LogP contribution in [0.4, 0.5) is 26.3 Å². The zero-order valence-corrected chi connectivity index (χ0v) is 14.4. The number of nitrogens with zero attached hydrogens (tertiary/aromatic N) is 1. The van der Waals surface area contributed by atoms with Gasteiger partial charge in [0.05, 0.1) is 18.2 Å². The first kappa shape index (κ1) is 19.7. The number of alkyl halides is 6. The zero-order valence-electron chi connectivity index (χ0n) is 14.4. The molecule has 0 fully saturated rings. The molecular weight excluding hydrogens is 384 g/mol. The molecule has 8 heteroatoms. The number of methoxy groups -OCH3 is 1. The van der Waals surface area contributed by atoms with E-state index < -0.39 is 23.5 Å². The third-order valence-corrected chi connectivity index (χ3v) is 4.15. The van der Waals surface area contributed by atoms with Gasteiger partial charge in [0.1, 0.15) is 5.75 Å². The molecule has 3 aromatic rings. The maximum absolute atomic E-state index is 12.8. The molecule has 0 spiro atoms. The van der Waals surface area contributed by atoms with Crippen molar-refractivity contribution in [2.45, 2.75) is 12.4 Å². The summed E-state index contributed by atoms with van der Waals surface area (Å²) in [5.41, 5.74) is 0.142. The molecule has 1 heterocycles. The molecule has 1 aromatic heterocycles. The van der Waals surface area contributed by atoms with Crippen molar-refractivity contribution < 1.29 is 31.1 Å². The van der Waals surface area contributed by atoms with Gasteiger partial charge in [0.2, 0.25) is 0 Å². The number of pyridine rings is 1. The van der Waals surface area contributed by atoms with Crippen molar-refractivity contribution >= 4 is 0 Å². The number of ether oxygens (including phenoxy) is 1. The van der Waals surface area contributed by atoms with Gasteiger partial charge in [-0.05, 0) is 35.4 Å². The maximum Gasteiger partial charge on any atom is 0.416 e. The predicted molar refractivity (Wildman–Crippen MR) is 91.7 cm³/mol. The first-order valence-electron chi connectivity index (χ1n) is 7.98. The molecule has 0 radical (unpaired) electrons. The molecular formula is C20H13F6NO. The van der Waals surface area contributed by atoms with Crippen LogP contribution in [0.3, 0.4) is 0 Å². The van der Waals surface area contributed by atoms with Crippen LogP contribution < -0.4 is 4.74 Å². The van der Waals surface area contributed by atoms with Crippen LogP contribution >= 0.6 is 0 Å². The molecule has 0 aliphatic heterocycles. The maximum atomic E-state index is 12.8. The van der Waals surface area contributed by atoms with Gasteiger partial charge in [0.25, 0.3) is 0 Å². The lowest BCUT2D eigenvalue weighted by atomic mass is 9.98. The monoisotopic (exact) mass is 397 g/mol. The third kappa shape index (κ3) is 3.95. The molecule has 0 amide bonds. The summed E-state index contributed by atoms with van der Waals surface area (Å²) in [6, 6.07) is 8.94. The van der Waals surface area contributed by atoms with Crippen LogP contribution in [0.2, 0.25) is 0 Å². The normalized spacial score (nSPS) is 12.1. The van der Waals surface area contributed by atoms with Gasteiger partial charge in [-0.15, -0.1) is 0 Å². The van der Waals surface area contributed by atoms with Crippen LogP contribution in [0.5, 0.6) is 5.75 Å². The van der Waals surface area contributed by atoms with E-state index in [9.17, 15) is 26.3 Å². The fourth-order valence-electron chi connectivity index (χ4n) is 2.76. The lowest BCUT2D eigenvalue weighted by molar-refractivity contribution is -0.138. The van der Waals surface area contributed by atoms with E-state index in [1.54, 1.807) is 0 Å². The standard InChI is InChI=1S/C20H13F6NO/c1-28-18-16(12-2-6-14(7-3-12)19(21,22)23)10-27-11-17(18)13-4-8-15(9-5-13)20(24,25)26/h2-11H,1H3. The first-order valence-corrected chi connectivity index (χ1v) is 7.98. The molecule has 0 aliphatic rings. The van der Waals surface area contributed by atoms with Crippen LogP contribution in [0, 0.1) is 0 Å². The van der Waals surface area contributed by atoms with Crippen LogP contribution in [-0.4, -0.2) is 12.1 Å². The van der Waals surface area contributed by atoms with Gasteiger partial charge in [-0.2, -0.15) is 26.3 Å². The van der Waals surface area contributed by atoms with E-state index in [1.807, 2.05) is 0 Å². The summed E-state index contributed by atoms with van der Waals surface area (Å²) in [6.45, 7) is 0. The third-order valence-electron chi connectivity index (χ3n) is 4.15. The van der Waals surface area contributed by atoms with Crippen molar-refractivity contribution in [1.82, 2.24) is 4.98 Å². The van der Waals surface area contributed by atoms with Crippen LogP contribution in [0.1, 0.15) is 11.1 Å². The van der Waals surface area contributed by atoms with Crippen molar-refractivity contribution in [3.8, 4) is 28.0 Å². The summed E-state index contributed by atoms with van der Waals surface area (Å²) in [5.74, 6) is 0.300. The fraction of sp³-hybridized carbons (Fsp3) is 0.150. The molecule has 3 rings (SSSR count). The fourth-order valence-corrected chi connectivity index (χ4v) is 2.76. The molecule has 0 aliphatic carbocycles. The second-order valence-electron chi connectivity index (χ2n) is 5.92. The van der Waals surface area contributed by atoms with Crippen molar-refractivity contribution in [3.05, 3.63) is 72.1 Å². The average Bonchev–Trinajstić information content (AvgIpc) is 2.66. The Morgan fingerprint density at radius 1 is 0.643 bits per heavy atom. The van der Waals surface area contributed by atoms with E-state index in [0.717, 1.165) is 24.3 Å². The number of rotatable bonds is 3. The summed E-state index contributed by atoms with van der Waals surface area (Å²) in [4.78, 5) is 4.06. The lowest BCUT2D eigenvalue weighted by Crippen LogP contribution is -2.04. The summed E-state index contributed by atoms with van der Waals surface area (Å²) in [5, 5.41) is 0. The minimum absolute atomic E-state index is 0.300. The summed E-state index contributed by atoms with van der Waals surface area (Å²) >= 11 is 0. The van der Waals surface area contributed by atoms with Crippen molar-refractivity contribution in [2.75, 3.05) is 7.11 Å². The Hall–Kier alpha value is -3.03. The van der Waals surface area contributed by atoms with Crippen molar-refractivity contribution in [3.63, 3.8) is 0 Å². The molecule has 0 unspecified atom stereocenters. The van der Waals surface area contributed by atoms with E-state index in [2.05, 4.69) is 4.98 Å². The van der Waals surface area contributed by atoms with Gasteiger partial charge >= 0.3 is 12.4 Å². The summed E-state index contributed by atoms with van der Waals surface area (Å²) in [6.07, 6.45) is -6.06. The SMILES string of the molecule is COc1c(-c2ccc(C(F)(F)F)cc2)cncc1-c1ccc(C(F)(F)F)cc1. The molecule has 0 saturated heterocycles. The summed E-state index contributed by atoms with van der Waals surface area (Å²) < 4.78 is 81.9.